The maximum Gasteiger partial charge on any atom is 0.490 e. The molecule has 19 heavy (non-hydrogen) atoms. The first-order chi connectivity index (χ1) is 8.36. The van der Waals surface area contributed by atoms with Crippen molar-refractivity contribution in [3.05, 3.63) is 0 Å². The van der Waals surface area contributed by atoms with Crippen LogP contribution in [0, 0.1) is 5.41 Å². The molecule has 0 aromatic heterocycles. The van der Waals surface area contributed by atoms with Crippen molar-refractivity contribution in [2.24, 2.45) is 5.41 Å². The van der Waals surface area contributed by atoms with E-state index in [1.807, 2.05) is 0 Å². The van der Waals surface area contributed by atoms with Gasteiger partial charge >= 0.3 is 18.1 Å². The third-order valence-electron chi connectivity index (χ3n) is 2.06. The van der Waals surface area contributed by atoms with Crippen LogP contribution in [0.3, 0.4) is 0 Å². The quantitative estimate of drug-likeness (QED) is 0.756. The van der Waals surface area contributed by atoms with Crippen LogP contribution >= 0.6 is 0 Å². The Morgan fingerprint density at radius 2 is 1.37 bits per heavy atom. The van der Waals surface area contributed by atoms with Crippen LogP contribution in [0.2, 0.25) is 0 Å². The summed E-state index contributed by atoms with van der Waals surface area (Å²) >= 11 is 0. The molecule has 0 saturated carbocycles. The lowest BCUT2D eigenvalue weighted by Crippen LogP contribution is -2.21. The van der Waals surface area contributed by atoms with Crippen LogP contribution in [0.25, 0.3) is 0 Å². The Hall–Kier alpha value is -1.27. The standard InChI is InChI=1S/C10H20O2.C2HF3O2/c1-10(2,3)8-6-4-5-7-9(11)12;3-2(4,5)1(6)7/h4-8H2,1-3H3,(H,11,12);(H,6,7). The topological polar surface area (TPSA) is 74.6 Å². The first kappa shape index (κ1) is 20.1. The van der Waals surface area contributed by atoms with Crippen molar-refractivity contribution in [2.75, 3.05) is 0 Å². The van der Waals surface area contributed by atoms with E-state index in [4.69, 9.17) is 15.0 Å². The van der Waals surface area contributed by atoms with Gasteiger partial charge in [-0.15, -0.1) is 0 Å². The number of carboxylic acids is 2. The maximum atomic E-state index is 10.6. The van der Waals surface area contributed by atoms with Gasteiger partial charge in [0.1, 0.15) is 0 Å². The third-order valence-corrected chi connectivity index (χ3v) is 2.06. The number of alkyl halides is 3. The highest BCUT2D eigenvalue weighted by atomic mass is 19.4. The smallest absolute Gasteiger partial charge is 0.481 e. The number of aliphatic carboxylic acids is 2. The monoisotopic (exact) mass is 286 g/mol. The Bertz CT molecular complexity index is 280. The molecule has 0 aliphatic heterocycles. The van der Waals surface area contributed by atoms with Crippen LogP contribution in [-0.4, -0.2) is 28.3 Å². The highest BCUT2D eigenvalue weighted by Gasteiger charge is 2.38. The van der Waals surface area contributed by atoms with E-state index >= 15 is 0 Å². The average molecular weight is 286 g/mol. The van der Waals surface area contributed by atoms with Crippen LogP contribution in [0.4, 0.5) is 13.2 Å². The molecule has 0 amide bonds. The number of hydrogen-bond acceptors (Lipinski definition) is 2. The fraction of sp³-hybridized carbons (Fsp3) is 0.833. The molecule has 0 radical (unpaired) electrons. The zero-order valence-corrected chi connectivity index (χ0v) is 11.4. The second-order valence-electron chi connectivity index (χ2n) is 5.32. The van der Waals surface area contributed by atoms with Gasteiger partial charge in [0.05, 0.1) is 0 Å². The predicted octanol–water partition coefficient (Wildman–Crippen LogP) is 3.70. The highest BCUT2D eigenvalue weighted by Crippen LogP contribution is 2.22. The molecule has 0 aromatic rings. The van der Waals surface area contributed by atoms with Gasteiger partial charge in [0.25, 0.3) is 0 Å². The zero-order chi connectivity index (χ0) is 15.7. The first-order valence-electron chi connectivity index (χ1n) is 5.88. The summed E-state index contributed by atoms with van der Waals surface area (Å²) in [6.45, 7) is 6.64. The van der Waals surface area contributed by atoms with Gasteiger partial charge in [-0.3, -0.25) is 4.79 Å². The number of halogens is 3. The average Bonchev–Trinajstić information content (AvgIpc) is 2.14. The van der Waals surface area contributed by atoms with Crippen molar-refractivity contribution >= 4 is 11.9 Å². The minimum Gasteiger partial charge on any atom is -0.481 e. The van der Waals surface area contributed by atoms with Gasteiger partial charge in [-0.2, -0.15) is 13.2 Å². The van der Waals surface area contributed by atoms with Crippen molar-refractivity contribution in [2.45, 2.75) is 59.1 Å². The predicted molar refractivity (Wildman–Crippen MR) is 63.9 cm³/mol. The summed E-state index contributed by atoms with van der Waals surface area (Å²) in [7, 11) is 0. The van der Waals surface area contributed by atoms with Gasteiger partial charge in [-0.25, -0.2) is 4.79 Å². The number of carboxylic acid groups (broad SMARTS) is 2. The van der Waals surface area contributed by atoms with Crippen molar-refractivity contribution in [1.82, 2.24) is 0 Å². The SMILES string of the molecule is CC(C)(C)CCCCCC(=O)O.O=C(O)C(F)(F)F. The lowest BCUT2D eigenvalue weighted by molar-refractivity contribution is -0.192. The van der Waals surface area contributed by atoms with Crippen LogP contribution < -0.4 is 0 Å². The number of carbonyl (C=O) groups is 2. The van der Waals surface area contributed by atoms with E-state index in [2.05, 4.69) is 20.8 Å². The molecule has 7 heteroatoms. The first-order valence-corrected chi connectivity index (χ1v) is 5.88. The third kappa shape index (κ3) is 19.3. The molecule has 0 aromatic carbocycles. The van der Waals surface area contributed by atoms with Crippen LogP contribution in [0.1, 0.15) is 52.9 Å². The molecule has 0 unspecified atom stereocenters. The second-order valence-corrected chi connectivity index (χ2v) is 5.32. The zero-order valence-electron chi connectivity index (χ0n) is 11.4. The molecule has 0 aliphatic carbocycles. The largest absolute Gasteiger partial charge is 0.490 e. The fourth-order valence-electron chi connectivity index (χ4n) is 1.11. The Morgan fingerprint density at radius 1 is 0.947 bits per heavy atom. The lowest BCUT2D eigenvalue weighted by Gasteiger charge is -2.17. The molecule has 0 heterocycles. The minimum atomic E-state index is -5.08. The molecular formula is C12H21F3O4. The van der Waals surface area contributed by atoms with Gasteiger partial charge in [0.2, 0.25) is 0 Å². The Balaban J connectivity index is 0. The summed E-state index contributed by atoms with van der Waals surface area (Å²) in [4.78, 5) is 19.1. The second kappa shape index (κ2) is 8.77. The number of rotatable bonds is 5. The van der Waals surface area contributed by atoms with Gasteiger partial charge in [0.15, 0.2) is 0 Å². The van der Waals surface area contributed by atoms with Crippen molar-refractivity contribution in [3.63, 3.8) is 0 Å². The summed E-state index contributed by atoms with van der Waals surface area (Å²) in [6.07, 6.45) is -0.553. The Morgan fingerprint density at radius 3 is 1.63 bits per heavy atom. The van der Waals surface area contributed by atoms with E-state index in [-0.39, 0.29) is 0 Å². The van der Waals surface area contributed by atoms with E-state index in [1.165, 1.54) is 6.42 Å². The van der Waals surface area contributed by atoms with Crippen LogP contribution in [0.15, 0.2) is 0 Å². The molecule has 0 aliphatic rings. The van der Waals surface area contributed by atoms with Crippen LogP contribution in [-0.2, 0) is 9.59 Å². The van der Waals surface area contributed by atoms with E-state index < -0.39 is 18.1 Å². The molecule has 4 nitrogen and oxygen atoms in total. The van der Waals surface area contributed by atoms with Gasteiger partial charge in [-0.05, 0) is 18.3 Å². The van der Waals surface area contributed by atoms with Crippen molar-refractivity contribution in [3.8, 4) is 0 Å². The van der Waals surface area contributed by atoms with Gasteiger partial charge < -0.3 is 10.2 Å². The Labute approximate surface area is 110 Å². The molecule has 0 spiro atoms. The number of unbranched alkanes of at least 4 members (excludes halogenated alkanes) is 2. The summed E-state index contributed by atoms with van der Waals surface area (Å²) < 4.78 is 31.7. The highest BCUT2D eigenvalue weighted by molar-refractivity contribution is 5.73. The lowest BCUT2D eigenvalue weighted by atomic mass is 9.89. The molecule has 114 valence electrons. The van der Waals surface area contributed by atoms with Crippen molar-refractivity contribution < 1.29 is 33.0 Å². The van der Waals surface area contributed by atoms with E-state index in [1.54, 1.807) is 0 Å². The van der Waals surface area contributed by atoms with E-state index in [0.717, 1.165) is 19.3 Å². The normalized spacial score (nSPS) is 11.5. The molecular weight excluding hydrogens is 265 g/mol. The number of hydrogen-bond donors (Lipinski definition) is 2. The Kier molecular flexibility index (Phi) is 9.25. The van der Waals surface area contributed by atoms with Gasteiger partial charge in [-0.1, -0.05) is 33.6 Å². The molecule has 0 rings (SSSR count). The van der Waals surface area contributed by atoms with E-state index in [9.17, 15) is 18.0 Å². The summed E-state index contributed by atoms with van der Waals surface area (Å²) in [5.74, 6) is -3.43. The van der Waals surface area contributed by atoms with E-state index in [0.29, 0.717) is 11.8 Å². The summed E-state index contributed by atoms with van der Waals surface area (Å²) in [6, 6.07) is 0. The maximum absolute atomic E-state index is 10.6. The van der Waals surface area contributed by atoms with Crippen LogP contribution in [0.5, 0.6) is 0 Å². The summed E-state index contributed by atoms with van der Waals surface area (Å²) in [5.41, 5.74) is 0.392. The molecule has 0 saturated heterocycles. The van der Waals surface area contributed by atoms with Crippen molar-refractivity contribution in [1.29, 1.82) is 0 Å². The van der Waals surface area contributed by atoms with Gasteiger partial charge in [0, 0.05) is 6.42 Å². The molecule has 0 atom stereocenters. The molecule has 0 fully saturated rings. The fourth-order valence-corrected chi connectivity index (χ4v) is 1.11. The molecule has 0 bridgehead atoms. The summed E-state index contributed by atoms with van der Waals surface area (Å²) in [5, 5.41) is 15.5. The minimum absolute atomic E-state index is 0.324. The molecule has 2 N–H and O–H groups in total.